The molecule has 37 heavy (non-hydrogen) atoms. The molecule has 7 nitrogen and oxygen atoms in total. The van der Waals surface area contributed by atoms with Crippen LogP contribution in [0.5, 0.6) is 0 Å². The van der Waals surface area contributed by atoms with Crippen LogP contribution in [0.25, 0.3) is 0 Å². The van der Waals surface area contributed by atoms with Crippen LogP contribution in [0, 0.1) is 17.3 Å². The molecule has 3 N–H and O–H groups in total. The number of carbonyl (C=O) groups excluding carboxylic acids is 3. The lowest BCUT2D eigenvalue weighted by molar-refractivity contribution is -0.142. The maximum Gasteiger partial charge on any atom is 0.244 e. The number of aliphatic hydroxyl groups is 1. The molecule has 4 rings (SSSR count). The number of benzene rings is 1. The molecule has 3 aliphatic rings. The maximum absolute atomic E-state index is 14.1. The van der Waals surface area contributed by atoms with Crippen LogP contribution in [-0.2, 0) is 14.4 Å². The minimum absolute atomic E-state index is 0.000103. The van der Waals surface area contributed by atoms with E-state index in [0.717, 1.165) is 6.42 Å². The summed E-state index contributed by atoms with van der Waals surface area (Å²) in [6.45, 7) is 12.1. The number of anilines is 1. The highest BCUT2D eigenvalue weighted by Gasteiger charge is 2.76. The van der Waals surface area contributed by atoms with E-state index in [9.17, 15) is 19.5 Å². The van der Waals surface area contributed by atoms with E-state index in [1.165, 1.54) is 0 Å². The van der Waals surface area contributed by atoms with Crippen LogP contribution in [0.1, 0.15) is 60.8 Å². The van der Waals surface area contributed by atoms with Gasteiger partial charge in [-0.2, -0.15) is 0 Å². The monoisotopic (exact) mass is 593 g/mol. The number of hydrogen-bond donors (Lipinski definition) is 3. The molecule has 0 saturated carbocycles. The zero-order valence-corrected chi connectivity index (χ0v) is 25.0. The molecule has 9 heteroatoms. The van der Waals surface area contributed by atoms with Crippen molar-refractivity contribution in [3.63, 3.8) is 0 Å². The van der Waals surface area contributed by atoms with Gasteiger partial charge in [0.25, 0.3) is 0 Å². The fraction of sp³-hybridized carbons (Fsp3) is 0.679. The van der Waals surface area contributed by atoms with E-state index in [1.54, 1.807) is 16.7 Å². The molecule has 3 fully saturated rings. The minimum Gasteiger partial charge on any atom is -0.394 e. The maximum atomic E-state index is 14.1. The molecule has 0 aliphatic carbocycles. The fourth-order valence-corrected chi connectivity index (χ4v) is 10.6. The summed E-state index contributed by atoms with van der Waals surface area (Å²) >= 11 is 5.41. The van der Waals surface area contributed by atoms with Crippen molar-refractivity contribution in [2.75, 3.05) is 11.9 Å². The second-order valence-corrected chi connectivity index (χ2v) is 15.3. The number of hydrogen-bond acceptors (Lipinski definition) is 5. The number of thioether (sulfide) groups is 1. The lowest BCUT2D eigenvalue weighted by Gasteiger charge is -2.40. The second-order valence-electron chi connectivity index (χ2n) is 12.6. The number of nitrogens with one attached hydrogen (secondary N) is 2. The van der Waals surface area contributed by atoms with Crippen molar-refractivity contribution in [3.8, 4) is 0 Å². The predicted octanol–water partition coefficient (Wildman–Crippen LogP) is 4.19. The molecule has 1 spiro atoms. The van der Waals surface area contributed by atoms with E-state index in [0.29, 0.717) is 18.5 Å². The number of nitrogens with zero attached hydrogens (tertiary/aromatic N) is 1. The summed E-state index contributed by atoms with van der Waals surface area (Å²) in [4.78, 5) is 43.5. The number of carbonyl (C=O) groups is 3. The molecule has 1 aromatic carbocycles. The first-order valence-electron chi connectivity index (χ1n) is 13.2. The van der Waals surface area contributed by atoms with Crippen LogP contribution in [0.3, 0.4) is 0 Å². The van der Waals surface area contributed by atoms with Gasteiger partial charge in [0.15, 0.2) is 0 Å². The van der Waals surface area contributed by atoms with Crippen molar-refractivity contribution in [2.45, 2.75) is 93.3 Å². The molecule has 3 aliphatic heterocycles. The van der Waals surface area contributed by atoms with Crippen molar-refractivity contribution >= 4 is 51.1 Å². The van der Waals surface area contributed by atoms with Gasteiger partial charge in [0.1, 0.15) is 6.04 Å². The van der Waals surface area contributed by atoms with E-state index < -0.39 is 34.2 Å². The second kappa shape index (κ2) is 10.2. The zero-order valence-electron chi connectivity index (χ0n) is 22.6. The lowest BCUT2D eigenvalue weighted by atomic mass is 9.70. The van der Waals surface area contributed by atoms with E-state index in [2.05, 4.69) is 47.3 Å². The van der Waals surface area contributed by atoms with Gasteiger partial charge >= 0.3 is 0 Å². The molecule has 3 unspecified atom stereocenters. The first kappa shape index (κ1) is 28.4. The van der Waals surface area contributed by atoms with Gasteiger partial charge in [-0.05, 0) is 50.7 Å². The number of aliphatic hydroxyl groups excluding tert-OH is 1. The molecule has 0 aromatic heterocycles. The van der Waals surface area contributed by atoms with E-state index in [4.69, 9.17) is 0 Å². The summed E-state index contributed by atoms with van der Waals surface area (Å²) in [6, 6.07) is 8.01. The van der Waals surface area contributed by atoms with E-state index in [-0.39, 0.29) is 39.8 Å². The van der Waals surface area contributed by atoms with Crippen molar-refractivity contribution in [3.05, 3.63) is 30.3 Å². The fourth-order valence-electron chi connectivity index (χ4n) is 6.99. The van der Waals surface area contributed by atoms with Gasteiger partial charge in [-0.15, -0.1) is 11.8 Å². The van der Waals surface area contributed by atoms with Gasteiger partial charge in [-0.3, -0.25) is 14.4 Å². The summed E-state index contributed by atoms with van der Waals surface area (Å²) in [6.07, 6.45) is 1.90. The number of para-hydroxylation sites is 1. The molecule has 1 aromatic rings. The van der Waals surface area contributed by atoms with Crippen molar-refractivity contribution in [1.82, 2.24) is 10.2 Å². The van der Waals surface area contributed by atoms with Crippen LogP contribution in [0.15, 0.2) is 30.3 Å². The molecule has 2 bridgehead atoms. The van der Waals surface area contributed by atoms with Crippen molar-refractivity contribution < 1.29 is 19.5 Å². The zero-order chi connectivity index (χ0) is 27.3. The molecule has 3 heterocycles. The summed E-state index contributed by atoms with van der Waals surface area (Å²) in [5.41, 5.74) is 0.198. The van der Waals surface area contributed by atoms with Gasteiger partial charge < -0.3 is 20.6 Å². The Bertz CT molecular complexity index is 1040. The van der Waals surface area contributed by atoms with E-state index in [1.807, 2.05) is 51.1 Å². The Morgan fingerprint density at radius 2 is 1.84 bits per heavy atom. The highest BCUT2D eigenvalue weighted by molar-refractivity contribution is 9.09. The Labute approximate surface area is 233 Å². The van der Waals surface area contributed by atoms with Gasteiger partial charge in [-0.25, -0.2) is 0 Å². The molecule has 3 amide bonds. The average molecular weight is 595 g/mol. The quantitative estimate of drug-likeness (QED) is 0.392. The van der Waals surface area contributed by atoms with Gasteiger partial charge in [0, 0.05) is 21.3 Å². The Kier molecular flexibility index (Phi) is 7.83. The number of amides is 3. The molecular formula is C28H40BrN3O4S. The third-order valence-corrected chi connectivity index (χ3v) is 11.0. The molecule has 3 saturated heterocycles. The van der Waals surface area contributed by atoms with E-state index >= 15 is 0 Å². The molecule has 0 radical (unpaired) electrons. The summed E-state index contributed by atoms with van der Waals surface area (Å²) in [5, 5.41) is 16.4. The third kappa shape index (κ3) is 5.20. The first-order chi connectivity index (χ1) is 17.2. The highest BCUT2D eigenvalue weighted by Crippen LogP contribution is 2.68. The largest absolute Gasteiger partial charge is 0.394 e. The number of fused-ring (bicyclic) bond motifs is 1. The Morgan fingerprint density at radius 3 is 2.41 bits per heavy atom. The van der Waals surface area contributed by atoms with Gasteiger partial charge in [0.05, 0.1) is 29.2 Å². The number of halogens is 1. The Hall–Kier alpha value is -1.58. The smallest absolute Gasteiger partial charge is 0.244 e. The van der Waals surface area contributed by atoms with Crippen LogP contribution in [0.2, 0.25) is 0 Å². The SMILES string of the molecule is CC[C@@H](CO)N1C(=O)[C@@H]2[C@@H](C(=O)Nc3ccccc3)[C@@H]3SC2(CC3Br)C1C(=O)NC(C)(C)CC(C)(C)C. The normalized spacial score (nSPS) is 31.8. The summed E-state index contributed by atoms with van der Waals surface area (Å²) in [7, 11) is 0. The third-order valence-electron chi connectivity index (χ3n) is 7.83. The van der Waals surface area contributed by atoms with Crippen LogP contribution >= 0.6 is 27.7 Å². The van der Waals surface area contributed by atoms with Crippen LogP contribution in [0.4, 0.5) is 5.69 Å². The van der Waals surface area contributed by atoms with Gasteiger partial charge in [0.2, 0.25) is 17.7 Å². The minimum atomic E-state index is -0.758. The molecule has 7 atom stereocenters. The summed E-state index contributed by atoms with van der Waals surface area (Å²) in [5.74, 6) is -1.79. The van der Waals surface area contributed by atoms with Crippen LogP contribution < -0.4 is 10.6 Å². The number of likely N-dealkylation sites (tertiary alicyclic amines) is 1. The summed E-state index contributed by atoms with van der Waals surface area (Å²) < 4.78 is -0.737. The highest BCUT2D eigenvalue weighted by atomic mass is 79.9. The number of alkyl halides is 1. The number of rotatable bonds is 8. The topological polar surface area (TPSA) is 98.7 Å². The molecule has 204 valence electrons. The van der Waals surface area contributed by atoms with Crippen molar-refractivity contribution in [1.29, 1.82) is 0 Å². The predicted molar refractivity (Wildman–Crippen MR) is 152 cm³/mol. The van der Waals surface area contributed by atoms with Gasteiger partial charge in [-0.1, -0.05) is 61.8 Å². The Morgan fingerprint density at radius 1 is 1.19 bits per heavy atom. The molecular weight excluding hydrogens is 554 g/mol. The standard InChI is InChI=1S/C28H40BrN3O4S/c1-7-17(14-33)32-22(24(35)31-27(5,6)15-26(2,3)4)28-13-18(29)21(37-28)19(20(28)25(32)36)23(34)30-16-11-9-8-10-12-16/h8-12,17-22,33H,7,13-15H2,1-6H3,(H,30,34)(H,31,35)/t17-,18?,19+,20-,21+,22?,28?/m0/s1. The lowest BCUT2D eigenvalue weighted by Crippen LogP contribution is -2.60. The first-order valence-corrected chi connectivity index (χ1v) is 15.0. The average Bonchev–Trinajstić information content (AvgIpc) is 3.37. The Balaban J connectivity index is 1.72. The van der Waals surface area contributed by atoms with Crippen LogP contribution in [-0.4, -0.2) is 66.8 Å². The van der Waals surface area contributed by atoms with Crippen molar-refractivity contribution in [2.24, 2.45) is 17.3 Å².